The molecule has 1 unspecified atom stereocenters. The van der Waals surface area contributed by atoms with Crippen molar-refractivity contribution >= 4 is 21.6 Å². The van der Waals surface area contributed by atoms with Gasteiger partial charge in [-0.3, -0.25) is 9.10 Å². The molecule has 0 N–H and O–H groups in total. The number of amides is 1. The van der Waals surface area contributed by atoms with Crippen LogP contribution in [0.1, 0.15) is 53.7 Å². The molecule has 0 aromatic heterocycles. The van der Waals surface area contributed by atoms with Crippen molar-refractivity contribution in [2.24, 2.45) is 0 Å². The molecule has 1 heterocycles. The highest BCUT2D eigenvalue weighted by atomic mass is 32.2. The second-order valence-corrected chi connectivity index (χ2v) is 9.87. The van der Waals surface area contributed by atoms with Gasteiger partial charge in [0.1, 0.15) is 0 Å². The van der Waals surface area contributed by atoms with Crippen LogP contribution in [-0.2, 0) is 23.0 Å². The van der Waals surface area contributed by atoms with E-state index in [2.05, 4.69) is 38.1 Å². The number of carbonyl (C=O) groups excluding carboxylic acids is 1. The lowest BCUT2D eigenvalue weighted by Crippen LogP contribution is -2.34. The van der Waals surface area contributed by atoms with E-state index in [9.17, 15) is 13.2 Å². The van der Waals surface area contributed by atoms with Gasteiger partial charge in [0.2, 0.25) is 10.0 Å². The highest BCUT2D eigenvalue weighted by molar-refractivity contribution is 7.92. The van der Waals surface area contributed by atoms with Crippen LogP contribution in [0.15, 0.2) is 42.5 Å². The molecule has 0 aliphatic carbocycles. The van der Waals surface area contributed by atoms with Crippen LogP contribution >= 0.6 is 0 Å². The number of nitrogens with zero attached hydrogens (tertiary/aromatic N) is 2. The molecule has 1 aliphatic rings. The van der Waals surface area contributed by atoms with Crippen LogP contribution in [0.5, 0.6) is 0 Å². The summed E-state index contributed by atoms with van der Waals surface area (Å²) in [4.78, 5) is 14.6. The average Bonchev–Trinajstić information content (AvgIpc) is 2.96. The zero-order valence-electron chi connectivity index (χ0n) is 17.1. The van der Waals surface area contributed by atoms with Gasteiger partial charge in [-0.15, -0.1) is 0 Å². The molecule has 1 atom stereocenters. The summed E-state index contributed by atoms with van der Waals surface area (Å²) in [5, 5.41) is 0. The Morgan fingerprint density at radius 1 is 1.18 bits per heavy atom. The first kappa shape index (κ1) is 20.4. The summed E-state index contributed by atoms with van der Waals surface area (Å²) in [6.45, 7) is 6.73. The van der Waals surface area contributed by atoms with Crippen LogP contribution in [0.25, 0.3) is 0 Å². The molecular weight excluding hydrogens is 372 g/mol. The van der Waals surface area contributed by atoms with E-state index in [1.165, 1.54) is 16.1 Å². The molecule has 1 amide bonds. The zero-order valence-corrected chi connectivity index (χ0v) is 18.0. The van der Waals surface area contributed by atoms with Crippen molar-refractivity contribution in [3.05, 3.63) is 64.7 Å². The van der Waals surface area contributed by atoms with Crippen LogP contribution in [0.2, 0.25) is 0 Å². The Morgan fingerprint density at radius 3 is 2.39 bits per heavy atom. The number of sulfonamides is 1. The standard InChI is InChI=1S/C22H28N2O3S/c1-15(2)18-8-6-17(7-9-18)14-23(4)22(25)19-10-11-21-20(13-19)12-16(3)24(21)28(5,26)27/h6-11,13,15-16H,12,14H2,1-5H3. The first-order chi connectivity index (χ1) is 13.1. The molecule has 0 bridgehead atoms. The molecule has 0 saturated heterocycles. The van der Waals surface area contributed by atoms with Crippen molar-refractivity contribution < 1.29 is 13.2 Å². The minimum absolute atomic E-state index is 0.0683. The first-order valence-electron chi connectivity index (χ1n) is 9.54. The zero-order chi connectivity index (χ0) is 20.6. The summed E-state index contributed by atoms with van der Waals surface area (Å²) in [5.74, 6) is 0.412. The summed E-state index contributed by atoms with van der Waals surface area (Å²) >= 11 is 0. The SMILES string of the molecule is CC(C)c1ccc(CN(C)C(=O)c2ccc3c(c2)CC(C)N3S(C)(=O)=O)cc1. The molecule has 2 aromatic carbocycles. The molecule has 5 nitrogen and oxygen atoms in total. The molecule has 28 heavy (non-hydrogen) atoms. The second kappa shape index (κ2) is 7.59. The van der Waals surface area contributed by atoms with Crippen molar-refractivity contribution in [2.75, 3.05) is 17.6 Å². The van der Waals surface area contributed by atoms with E-state index in [4.69, 9.17) is 0 Å². The van der Waals surface area contributed by atoms with Crippen LogP contribution in [0.4, 0.5) is 5.69 Å². The van der Waals surface area contributed by atoms with E-state index in [0.717, 1.165) is 11.1 Å². The molecule has 3 rings (SSSR count). The maximum Gasteiger partial charge on any atom is 0.253 e. The highest BCUT2D eigenvalue weighted by Gasteiger charge is 2.33. The minimum atomic E-state index is -3.33. The van der Waals surface area contributed by atoms with E-state index >= 15 is 0 Å². The van der Waals surface area contributed by atoms with Gasteiger partial charge in [0.25, 0.3) is 5.91 Å². The quantitative estimate of drug-likeness (QED) is 0.767. The van der Waals surface area contributed by atoms with Crippen LogP contribution in [0.3, 0.4) is 0 Å². The molecule has 0 radical (unpaired) electrons. The lowest BCUT2D eigenvalue weighted by atomic mass is 10.0. The number of hydrogen-bond donors (Lipinski definition) is 0. The minimum Gasteiger partial charge on any atom is -0.337 e. The molecule has 6 heteroatoms. The van der Waals surface area contributed by atoms with E-state index in [-0.39, 0.29) is 11.9 Å². The van der Waals surface area contributed by atoms with Crippen molar-refractivity contribution in [3.63, 3.8) is 0 Å². The van der Waals surface area contributed by atoms with Crippen LogP contribution in [-0.4, -0.2) is 38.6 Å². The molecule has 150 valence electrons. The topological polar surface area (TPSA) is 57.7 Å². The summed E-state index contributed by atoms with van der Waals surface area (Å²) in [6, 6.07) is 13.5. The summed E-state index contributed by atoms with van der Waals surface area (Å²) in [6.07, 6.45) is 1.83. The van der Waals surface area contributed by atoms with Gasteiger partial charge in [-0.2, -0.15) is 0 Å². The van der Waals surface area contributed by atoms with Crippen molar-refractivity contribution in [1.29, 1.82) is 0 Å². The van der Waals surface area contributed by atoms with Gasteiger partial charge in [-0.05, 0) is 54.2 Å². The Bertz CT molecular complexity index is 981. The second-order valence-electron chi connectivity index (χ2n) is 8.01. The van der Waals surface area contributed by atoms with Gasteiger partial charge in [-0.1, -0.05) is 38.1 Å². The number of benzene rings is 2. The number of carbonyl (C=O) groups is 1. The number of hydrogen-bond acceptors (Lipinski definition) is 3. The van der Waals surface area contributed by atoms with E-state index in [0.29, 0.717) is 30.1 Å². The third kappa shape index (κ3) is 4.07. The predicted octanol–water partition coefficient (Wildman–Crippen LogP) is 3.79. The molecule has 1 aliphatic heterocycles. The normalized spacial score (nSPS) is 16.4. The van der Waals surface area contributed by atoms with E-state index in [1.807, 2.05) is 13.0 Å². The monoisotopic (exact) mass is 400 g/mol. The van der Waals surface area contributed by atoms with Gasteiger partial charge in [0, 0.05) is 25.2 Å². The fourth-order valence-corrected chi connectivity index (χ4v) is 5.08. The number of anilines is 1. The van der Waals surface area contributed by atoms with Crippen LogP contribution in [0, 0.1) is 0 Å². The Labute approximate surface area is 168 Å². The van der Waals surface area contributed by atoms with Crippen LogP contribution < -0.4 is 4.31 Å². The van der Waals surface area contributed by atoms with Gasteiger partial charge >= 0.3 is 0 Å². The molecule has 0 fully saturated rings. The first-order valence-corrected chi connectivity index (χ1v) is 11.4. The van der Waals surface area contributed by atoms with Gasteiger partial charge < -0.3 is 4.90 Å². The molecule has 0 spiro atoms. The average molecular weight is 401 g/mol. The number of rotatable bonds is 5. The lowest BCUT2D eigenvalue weighted by molar-refractivity contribution is 0.0785. The maximum atomic E-state index is 12.9. The smallest absolute Gasteiger partial charge is 0.253 e. The summed E-state index contributed by atoms with van der Waals surface area (Å²) in [7, 11) is -1.54. The Balaban J connectivity index is 1.77. The third-order valence-corrected chi connectivity index (χ3v) is 6.52. The van der Waals surface area contributed by atoms with Gasteiger partial charge in [0.15, 0.2) is 0 Å². The van der Waals surface area contributed by atoms with E-state index < -0.39 is 10.0 Å². The highest BCUT2D eigenvalue weighted by Crippen LogP contribution is 2.35. The molecular formula is C22H28N2O3S. The predicted molar refractivity (Wildman–Crippen MR) is 113 cm³/mol. The Hall–Kier alpha value is -2.34. The lowest BCUT2D eigenvalue weighted by Gasteiger charge is -2.22. The maximum absolute atomic E-state index is 12.9. The Morgan fingerprint density at radius 2 is 1.82 bits per heavy atom. The van der Waals surface area contributed by atoms with Gasteiger partial charge in [-0.25, -0.2) is 8.42 Å². The van der Waals surface area contributed by atoms with E-state index in [1.54, 1.807) is 24.1 Å². The fourth-order valence-electron chi connectivity index (χ4n) is 3.82. The van der Waals surface area contributed by atoms with Crippen molar-refractivity contribution in [2.45, 2.75) is 45.7 Å². The van der Waals surface area contributed by atoms with Crippen molar-refractivity contribution in [3.8, 4) is 0 Å². The fraction of sp³-hybridized carbons (Fsp3) is 0.409. The summed E-state index contributed by atoms with van der Waals surface area (Å²) < 4.78 is 25.5. The summed E-state index contributed by atoms with van der Waals surface area (Å²) in [5.41, 5.74) is 4.53. The van der Waals surface area contributed by atoms with Gasteiger partial charge in [0.05, 0.1) is 11.9 Å². The third-order valence-electron chi connectivity index (χ3n) is 5.25. The largest absolute Gasteiger partial charge is 0.337 e. The number of fused-ring (bicyclic) bond motifs is 1. The Kier molecular flexibility index (Phi) is 5.53. The molecule has 2 aromatic rings. The molecule has 0 saturated carbocycles. The van der Waals surface area contributed by atoms with Crippen molar-refractivity contribution in [1.82, 2.24) is 4.90 Å².